The number of alkyl halides is 3. The summed E-state index contributed by atoms with van der Waals surface area (Å²) in [5.41, 5.74) is -0.526. The Morgan fingerprint density at radius 3 is 2.53 bits per heavy atom. The summed E-state index contributed by atoms with van der Waals surface area (Å²) < 4.78 is 37.7. The smallest absolute Gasteiger partial charge is 0.417 e. The van der Waals surface area contributed by atoms with E-state index in [1.54, 1.807) is 0 Å². The second-order valence-electron chi connectivity index (χ2n) is 4.02. The van der Waals surface area contributed by atoms with E-state index in [2.05, 4.69) is 0 Å². The van der Waals surface area contributed by atoms with E-state index in [-0.39, 0.29) is 10.9 Å². The van der Waals surface area contributed by atoms with E-state index in [1.165, 1.54) is 6.07 Å². The van der Waals surface area contributed by atoms with Crippen LogP contribution >= 0.6 is 11.6 Å². The third-order valence-corrected chi connectivity index (χ3v) is 3.16. The molecule has 1 aliphatic carbocycles. The monoisotopic (exact) mass is 264 g/mol. The van der Waals surface area contributed by atoms with Gasteiger partial charge in [0.1, 0.15) is 0 Å². The summed E-state index contributed by atoms with van der Waals surface area (Å²) in [6, 6.07) is 3.55. The average molecular weight is 265 g/mol. The molecule has 2 rings (SSSR count). The summed E-state index contributed by atoms with van der Waals surface area (Å²) in [4.78, 5) is 10.6. The zero-order chi connectivity index (χ0) is 12.8. The first-order valence-corrected chi connectivity index (χ1v) is 5.28. The Morgan fingerprint density at radius 2 is 2.06 bits per heavy atom. The normalized spacial score (nSPS) is 23.5. The predicted octanol–water partition coefficient (Wildman–Crippen LogP) is 3.55. The Labute approximate surface area is 100 Å². The second kappa shape index (κ2) is 3.91. The second-order valence-corrected chi connectivity index (χ2v) is 4.43. The van der Waals surface area contributed by atoms with Crippen molar-refractivity contribution in [2.45, 2.75) is 18.5 Å². The largest absolute Gasteiger partial charge is 0.481 e. The molecule has 0 saturated heterocycles. The number of carboxylic acid groups (broad SMARTS) is 1. The van der Waals surface area contributed by atoms with Crippen LogP contribution in [-0.2, 0) is 11.0 Å². The molecule has 0 unspecified atom stereocenters. The molecule has 1 saturated carbocycles. The minimum absolute atomic E-state index is 0.328. The molecule has 0 aromatic heterocycles. The average Bonchev–Trinajstić information content (AvgIpc) is 2.96. The van der Waals surface area contributed by atoms with E-state index in [4.69, 9.17) is 16.7 Å². The van der Waals surface area contributed by atoms with Crippen molar-refractivity contribution in [2.75, 3.05) is 0 Å². The van der Waals surface area contributed by atoms with Gasteiger partial charge in [0.25, 0.3) is 0 Å². The van der Waals surface area contributed by atoms with Crippen LogP contribution in [0.25, 0.3) is 0 Å². The topological polar surface area (TPSA) is 37.3 Å². The Kier molecular flexibility index (Phi) is 2.81. The lowest BCUT2D eigenvalue weighted by atomic mass is 10.1. The molecule has 6 heteroatoms. The summed E-state index contributed by atoms with van der Waals surface area (Å²) in [7, 11) is 0. The van der Waals surface area contributed by atoms with E-state index in [0.29, 0.717) is 12.0 Å². The number of carbonyl (C=O) groups is 1. The summed E-state index contributed by atoms with van der Waals surface area (Å²) in [6.07, 6.45) is -4.13. The Balaban J connectivity index is 2.30. The molecule has 2 atom stereocenters. The molecule has 0 radical (unpaired) electrons. The van der Waals surface area contributed by atoms with E-state index >= 15 is 0 Å². The van der Waals surface area contributed by atoms with Gasteiger partial charge in [-0.15, -0.1) is 0 Å². The van der Waals surface area contributed by atoms with Gasteiger partial charge < -0.3 is 5.11 Å². The first-order chi connectivity index (χ1) is 7.80. The maximum absolute atomic E-state index is 12.6. The van der Waals surface area contributed by atoms with Crippen molar-refractivity contribution in [1.82, 2.24) is 0 Å². The molecule has 0 aliphatic heterocycles. The van der Waals surface area contributed by atoms with Crippen LogP contribution in [0.1, 0.15) is 23.5 Å². The number of hydrogen-bond acceptors (Lipinski definition) is 1. The Morgan fingerprint density at radius 1 is 1.41 bits per heavy atom. The highest BCUT2D eigenvalue weighted by Gasteiger charge is 2.45. The van der Waals surface area contributed by atoms with Crippen LogP contribution in [0.3, 0.4) is 0 Å². The van der Waals surface area contributed by atoms with Crippen LogP contribution in [-0.4, -0.2) is 11.1 Å². The SMILES string of the molecule is O=C(O)[C@@H]1C[C@@H]1c1ccc(Cl)c(C(F)(F)F)c1. The van der Waals surface area contributed by atoms with Crippen molar-refractivity contribution < 1.29 is 23.1 Å². The molecule has 0 bridgehead atoms. The number of benzene rings is 1. The van der Waals surface area contributed by atoms with Gasteiger partial charge in [0.2, 0.25) is 0 Å². The van der Waals surface area contributed by atoms with Gasteiger partial charge >= 0.3 is 12.1 Å². The zero-order valence-corrected chi connectivity index (χ0v) is 9.22. The first-order valence-electron chi connectivity index (χ1n) is 4.90. The van der Waals surface area contributed by atoms with Crippen LogP contribution in [0.15, 0.2) is 18.2 Å². The van der Waals surface area contributed by atoms with Crippen molar-refractivity contribution in [3.63, 3.8) is 0 Å². The lowest BCUT2D eigenvalue weighted by Gasteiger charge is -2.10. The van der Waals surface area contributed by atoms with E-state index in [0.717, 1.165) is 12.1 Å². The van der Waals surface area contributed by atoms with Gasteiger partial charge in [0.05, 0.1) is 16.5 Å². The summed E-state index contributed by atoms with van der Waals surface area (Å²) in [5, 5.41) is 8.35. The van der Waals surface area contributed by atoms with Crippen molar-refractivity contribution in [3.8, 4) is 0 Å². The molecule has 17 heavy (non-hydrogen) atoms. The molecule has 1 aromatic rings. The number of hydrogen-bond donors (Lipinski definition) is 1. The first kappa shape index (κ1) is 12.2. The van der Waals surface area contributed by atoms with E-state index in [1.807, 2.05) is 0 Å². The maximum Gasteiger partial charge on any atom is 0.417 e. The molecule has 0 spiro atoms. The van der Waals surface area contributed by atoms with Crippen molar-refractivity contribution in [3.05, 3.63) is 34.3 Å². The third-order valence-electron chi connectivity index (χ3n) is 2.83. The fourth-order valence-electron chi connectivity index (χ4n) is 1.83. The van der Waals surface area contributed by atoms with Crippen LogP contribution in [0.2, 0.25) is 5.02 Å². The summed E-state index contributed by atoms with van der Waals surface area (Å²) in [5.74, 6) is -1.87. The molecular formula is C11H8ClF3O2. The van der Waals surface area contributed by atoms with Gasteiger partial charge in [0, 0.05) is 0 Å². The number of halogens is 4. The molecule has 0 heterocycles. The van der Waals surface area contributed by atoms with Gasteiger partial charge in [-0.2, -0.15) is 13.2 Å². The van der Waals surface area contributed by atoms with E-state index < -0.39 is 23.6 Å². The standard InChI is InChI=1S/C11H8ClF3O2/c12-9-2-1-5(3-8(9)11(13,14)15)6-4-7(6)10(16)17/h1-3,6-7H,4H2,(H,16,17)/t6-,7-/m1/s1. The van der Waals surface area contributed by atoms with Gasteiger partial charge in [-0.05, 0) is 30.0 Å². The third kappa shape index (κ3) is 2.39. The summed E-state index contributed by atoms with van der Waals surface area (Å²) >= 11 is 5.47. The molecular weight excluding hydrogens is 257 g/mol. The maximum atomic E-state index is 12.6. The van der Waals surface area contributed by atoms with Crippen LogP contribution in [0, 0.1) is 5.92 Å². The quantitative estimate of drug-likeness (QED) is 0.887. The summed E-state index contributed by atoms with van der Waals surface area (Å²) in [6.45, 7) is 0. The van der Waals surface area contributed by atoms with Gasteiger partial charge in [-0.1, -0.05) is 17.7 Å². The highest BCUT2D eigenvalue weighted by Crippen LogP contribution is 2.49. The highest BCUT2D eigenvalue weighted by atomic mass is 35.5. The Bertz CT molecular complexity index is 470. The molecule has 92 valence electrons. The number of rotatable bonds is 2. The number of aliphatic carboxylic acids is 1. The molecule has 1 fully saturated rings. The van der Waals surface area contributed by atoms with Gasteiger partial charge in [-0.25, -0.2) is 0 Å². The lowest BCUT2D eigenvalue weighted by molar-refractivity contribution is -0.138. The minimum atomic E-state index is -4.51. The molecule has 1 N–H and O–H groups in total. The zero-order valence-electron chi connectivity index (χ0n) is 8.46. The minimum Gasteiger partial charge on any atom is -0.481 e. The molecule has 2 nitrogen and oxygen atoms in total. The highest BCUT2D eigenvalue weighted by molar-refractivity contribution is 6.31. The van der Waals surface area contributed by atoms with Crippen LogP contribution in [0.4, 0.5) is 13.2 Å². The molecule has 1 aromatic carbocycles. The molecule has 0 amide bonds. The lowest BCUT2D eigenvalue weighted by Crippen LogP contribution is -2.07. The number of carboxylic acids is 1. The van der Waals surface area contributed by atoms with Gasteiger partial charge in [-0.3, -0.25) is 4.79 Å². The van der Waals surface area contributed by atoms with Crippen LogP contribution < -0.4 is 0 Å². The van der Waals surface area contributed by atoms with Crippen molar-refractivity contribution in [2.24, 2.45) is 5.92 Å². The fourth-order valence-corrected chi connectivity index (χ4v) is 2.05. The molecule has 1 aliphatic rings. The van der Waals surface area contributed by atoms with Crippen molar-refractivity contribution >= 4 is 17.6 Å². The van der Waals surface area contributed by atoms with Crippen molar-refractivity contribution in [1.29, 1.82) is 0 Å². The predicted molar refractivity (Wildman–Crippen MR) is 54.9 cm³/mol. The fraction of sp³-hybridized carbons (Fsp3) is 0.364. The van der Waals surface area contributed by atoms with Crippen LogP contribution in [0.5, 0.6) is 0 Å². The van der Waals surface area contributed by atoms with E-state index in [9.17, 15) is 18.0 Å². The Hall–Kier alpha value is -1.23. The van der Waals surface area contributed by atoms with Gasteiger partial charge in [0.15, 0.2) is 0 Å².